The van der Waals surface area contributed by atoms with Crippen molar-refractivity contribution in [3.8, 4) is 5.75 Å². The van der Waals surface area contributed by atoms with Crippen LogP contribution in [0.1, 0.15) is 152 Å². The summed E-state index contributed by atoms with van der Waals surface area (Å²) in [5.41, 5.74) is 2.75. The number of hydrogen-bond acceptors (Lipinski definition) is 3. The molecule has 0 bridgehead atoms. The van der Waals surface area contributed by atoms with E-state index in [0.717, 1.165) is 24.6 Å². The molecule has 1 aliphatic rings. The minimum atomic E-state index is 0.518. The Morgan fingerprint density at radius 2 is 1.11 bits per heavy atom. The predicted molar refractivity (Wildman–Crippen MR) is 162 cm³/mol. The van der Waals surface area contributed by atoms with E-state index in [9.17, 15) is 0 Å². The zero-order valence-corrected chi connectivity index (χ0v) is 24.8. The van der Waals surface area contributed by atoms with E-state index in [0.29, 0.717) is 11.8 Å². The lowest BCUT2D eigenvalue weighted by Gasteiger charge is -2.27. The van der Waals surface area contributed by atoms with Crippen LogP contribution in [0.15, 0.2) is 36.7 Å². The number of nitrogens with zero attached hydrogens (tertiary/aromatic N) is 2. The van der Waals surface area contributed by atoms with Crippen LogP contribution in [0.4, 0.5) is 0 Å². The fourth-order valence-electron chi connectivity index (χ4n) is 5.83. The Morgan fingerprint density at radius 3 is 1.66 bits per heavy atom. The van der Waals surface area contributed by atoms with Gasteiger partial charge in [0.25, 0.3) is 0 Å². The van der Waals surface area contributed by atoms with Crippen LogP contribution in [0.25, 0.3) is 0 Å². The summed E-state index contributed by atoms with van der Waals surface area (Å²) in [5.74, 6) is 3.25. The SMILES string of the molecule is CCCCCCCCCCc1cnc(C2CCC(COc3ccc(CCCCCCCC)cc3)CC2)nc1. The minimum absolute atomic E-state index is 0.518. The molecule has 212 valence electrons. The zero-order chi connectivity index (χ0) is 26.7. The van der Waals surface area contributed by atoms with Crippen LogP contribution in [0, 0.1) is 5.92 Å². The van der Waals surface area contributed by atoms with Crippen LogP contribution in [-0.2, 0) is 12.8 Å². The molecule has 0 unspecified atom stereocenters. The van der Waals surface area contributed by atoms with Gasteiger partial charge in [0.1, 0.15) is 11.6 Å². The number of rotatable bonds is 20. The van der Waals surface area contributed by atoms with Crippen molar-refractivity contribution in [2.45, 2.75) is 148 Å². The van der Waals surface area contributed by atoms with Crippen LogP contribution in [0.2, 0.25) is 0 Å². The van der Waals surface area contributed by atoms with E-state index in [1.165, 1.54) is 133 Å². The molecule has 1 heterocycles. The molecule has 3 rings (SSSR count). The Morgan fingerprint density at radius 1 is 0.605 bits per heavy atom. The van der Waals surface area contributed by atoms with E-state index >= 15 is 0 Å². The van der Waals surface area contributed by atoms with Gasteiger partial charge in [0.2, 0.25) is 0 Å². The van der Waals surface area contributed by atoms with E-state index in [4.69, 9.17) is 14.7 Å². The number of benzene rings is 1. The first-order valence-electron chi connectivity index (χ1n) is 16.3. The average molecular weight is 521 g/mol. The van der Waals surface area contributed by atoms with Gasteiger partial charge < -0.3 is 4.74 Å². The molecule has 3 nitrogen and oxygen atoms in total. The Bertz CT molecular complexity index is 824. The summed E-state index contributed by atoms with van der Waals surface area (Å²) in [4.78, 5) is 9.55. The first kappa shape index (κ1) is 30.6. The van der Waals surface area contributed by atoms with Crippen molar-refractivity contribution in [1.29, 1.82) is 0 Å². The number of aryl methyl sites for hydroxylation is 2. The van der Waals surface area contributed by atoms with Crippen LogP contribution in [-0.4, -0.2) is 16.6 Å². The number of unbranched alkanes of at least 4 members (excludes halogenated alkanes) is 12. The molecular weight excluding hydrogens is 464 g/mol. The Labute approximate surface area is 234 Å². The van der Waals surface area contributed by atoms with Crippen molar-refractivity contribution in [2.24, 2.45) is 5.92 Å². The summed E-state index contributed by atoms with van der Waals surface area (Å²) in [6, 6.07) is 8.85. The van der Waals surface area contributed by atoms with Crippen molar-refractivity contribution < 1.29 is 4.74 Å². The molecule has 0 N–H and O–H groups in total. The normalized spacial score (nSPS) is 17.5. The van der Waals surface area contributed by atoms with E-state index in [-0.39, 0.29) is 0 Å². The molecule has 0 saturated heterocycles. The molecule has 1 aromatic heterocycles. The summed E-state index contributed by atoms with van der Waals surface area (Å²) in [6.07, 6.45) is 30.4. The molecule has 0 amide bonds. The van der Waals surface area contributed by atoms with Gasteiger partial charge in [0.05, 0.1) is 6.61 Å². The third kappa shape index (κ3) is 12.3. The minimum Gasteiger partial charge on any atom is -0.493 e. The van der Waals surface area contributed by atoms with Gasteiger partial charge in [-0.25, -0.2) is 9.97 Å². The molecule has 0 atom stereocenters. The standard InChI is InChI=1S/C35H56N2O/c1-3-5-7-9-11-12-14-16-18-32-27-36-35(37-28-32)33-23-19-31(20-24-33)29-38-34-25-21-30(22-26-34)17-15-13-10-8-6-4-2/h21-22,25-28,31,33H,3-20,23-24,29H2,1-2H3. The van der Waals surface area contributed by atoms with Crippen molar-refractivity contribution in [2.75, 3.05) is 6.61 Å². The van der Waals surface area contributed by atoms with Gasteiger partial charge in [0.15, 0.2) is 0 Å². The summed E-state index contributed by atoms with van der Waals surface area (Å²) in [6.45, 7) is 5.40. The smallest absolute Gasteiger partial charge is 0.131 e. The lowest BCUT2D eigenvalue weighted by molar-refractivity contribution is 0.198. The van der Waals surface area contributed by atoms with Crippen LogP contribution >= 0.6 is 0 Å². The van der Waals surface area contributed by atoms with Gasteiger partial charge in [-0.2, -0.15) is 0 Å². The largest absolute Gasteiger partial charge is 0.493 e. The lowest BCUT2D eigenvalue weighted by atomic mass is 9.82. The van der Waals surface area contributed by atoms with E-state index in [1.54, 1.807) is 0 Å². The van der Waals surface area contributed by atoms with Crippen LogP contribution < -0.4 is 4.74 Å². The molecule has 1 saturated carbocycles. The van der Waals surface area contributed by atoms with Gasteiger partial charge in [-0.05, 0) is 80.5 Å². The monoisotopic (exact) mass is 520 g/mol. The van der Waals surface area contributed by atoms with E-state index in [1.807, 2.05) is 0 Å². The third-order valence-electron chi connectivity index (χ3n) is 8.48. The topological polar surface area (TPSA) is 35.0 Å². The maximum absolute atomic E-state index is 6.17. The summed E-state index contributed by atoms with van der Waals surface area (Å²) in [7, 11) is 0. The maximum atomic E-state index is 6.17. The second-order valence-corrected chi connectivity index (χ2v) is 11.9. The molecule has 1 aliphatic carbocycles. The fourth-order valence-corrected chi connectivity index (χ4v) is 5.83. The van der Waals surface area contributed by atoms with Gasteiger partial charge >= 0.3 is 0 Å². The van der Waals surface area contributed by atoms with Gasteiger partial charge in [0, 0.05) is 18.3 Å². The highest BCUT2D eigenvalue weighted by Gasteiger charge is 2.24. The highest BCUT2D eigenvalue weighted by Crippen LogP contribution is 2.34. The first-order valence-corrected chi connectivity index (χ1v) is 16.3. The number of aromatic nitrogens is 2. The molecule has 1 aromatic carbocycles. The average Bonchev–Trinajstić information content (AvgIpc) is 2.96. The molecule has 3 heteroatoms. The summed E-state index contributed by atoms with van der Waals surface area (Å²) < 4.78 is 6.17. The zero-order valence-electron chi connectivity index (χ0n) is 24.8. The van der Waals surface area contributed by atoms with Crippen LogP contribution in [0.3, 0.4) is 0 Å². The lowest BCUT2D eigenvalue weighted by Crippen LogP contribution is -2.20. The Hall–Kier alpha value is -1.90. The fraction of sp³-hybridized carbons (Fsp3) is 0.714. The Balaban J connectivity index is 1.26. The molecular formula is C35H56N2O. The van der Waals surface area contributed by atoms with E-state index < -0.39 is 0 Å². The molecule has 2 aromatic rings. The Kier molecular flexibility index (Phi) is 15.5. The second kappa shape index (κ2) is 19.2. The number of hydrogen-bond donors (Lipinski definition) is 0. The van der Waals surface area contributed by atoms with Crippen molar-refractivity contribution in [1.82, 2.24) is 9.97 Å². The molecule has 0 radical (unpaired) electrons. The first-order chi connectivity index (χ1) is 18.8. The number of ether oxygens (including phenoxy) is 1. The molecule has 1 fully saturated rings. The summed E-state index contributed by atoms with van der Waals surface area (Å²) in [5, 5.41) is 0. The molecule has 0 spiro atoms. The van der Waals surface area contributed by atoms with Crippen molar-refractivity contribution in [3.05, 3.63) is 53.6 Å². The second-order valence-electron chi connectivity index (χ2n) is 11.9. The van der Waals surface area contributed by atoms with E-state index in [2.05, 4.69) is 50.5 Å². The van der Waals surface area contributed by atoms with Crippen molar-refractivity contribution in [3.63, 3.8) is 0 Å². The third-order valence-corrected chi connectivity index (χ3v) is 8.48. The van der Waals surface area contributed by atoms with Gasteiger partial charge in [-0.1, -0.05) is 103 Å². The summed E-state index contributed by atoms with van der Waals surface area (Å²) >= 11 is 0. The van der Waals surface area contributed by atoms with Crippen molar-refractivity contribution >= 4 is 0 Å². The quantitative estimate of drug-likeness (QED) is 0.163. The van der Waals surface area contributed by atoms with Gasteiger partial charge in [-0.3, -0.25) is 0 Å². The highest BCUT2D eigenvalue weighted by atomic mass is 16.5. The predicted octanol–water partition coefficient (Wildman–Crippen LogP) is 10.4. The highest BCUT2D eigenvalue weighted by molar-refractivity contribution is 5.27. The molecule has 0 aliphatic heterocycles. The van der Waals surface area contributed by atoms with Crippen LogP contribution in [0.5, 0.6) is 5.75 Å². The van der Waals surface area contributed by atoms with Gasteiger partial charge in [-0.15, -0.1) is 0 Å². The molecule has 38 heavy (non-hydrogen) atoms. The maximum Gasteiger partial charge on any atom is 0.131 e.